The van der Waals surface area contributed by atoms with Gasteiger partial charge in [0.1, 0.15) is 12.6 Å². The second kappa shape index (κ2) is 19.2. The van der Waals surface area contributed by atoms with Crippen molar-refractivity contribution in [2.75, 3.05) is 46.9 Å². The van der Waals surface area contributed by atoms with Gasteiger partial charge in [-0.25, -0.2) is 9.18 Å². The average Bonchev–Trinajstić information content (AvgIpc) is 3.11. The van der Waals surface area contributed by atoms with Crippen molar-refractivity contribution in [3.8, 4) is 0 Å². The first-order chi connectivity index (χ1) is 25.0. The largest absolute Gasteiger partial charge is 0.416 e. The maximum Gasteiger partial charge on any atom is 0.410 e. The molecule has 0 aliphatic carbocycles. The van der Waals surface area contributed by atoms with Crippen molar-refractivity contribution in [3.05, 3.63) is 54.1 Å². The Balaban J connectivity index is 1.49. The molecule has 53 heavy (non-hydrogen) atoms. The van der Waals surface area contributed by atoms with Gasteiger partial charge in [0.05, 0.1) is 0 Å². The Labute approximate surface area is 315 Å². The number of alkyl halides is 3. The number of amides is 3. The van der Waals surface area contributed by atoms with Crippen LogP contribution in [0.15, 0.2) is 48.5 Å². The van der Waals surface area contributed by atoms with Crippen LogP contribution in [0.25, 0.3) is 0 Å². The number of ketones is 3. The van der Waals surface area contributed by atoms with Gasteiger partial charge in [0.2, 0.25) is 24.3 Å². The number of rotatable bonds is 18. The van der Waals surface area contributed by atoms with Crippen LogP contribution in [-0.2, 0) is 39.9 Å². The van der Waals surface area contributed by atoms with Crippen molar-refractivity contribution in [2.45, 2.75) is 75.9 Å². The molecule has 1 unspecified atom stereocenters. The van der Waals surface area contributed by atoms with Crippen LogP contribution in [-0.4, -0.2) is 118 Å². The van der Waals surface area contributed by atoms with Crippen molar-refractivity contribution in [1.82, 2.24) is 5.32 Å². The van der Waals surface area contributed by atoms with Crippen LogP contribution in [0.1, 0.15) is 39.2 Å². The number of hydrogen-bond donors (Lipinski definition) is 6. The van der Waals surface area contributed by atoms with Gasteiger partial charge >= 0.3 is 6.09 Å². The molecule has 2 aromatic rings. The third kappa shape index (κ3) is 10.5. The number of carbonyl (C=O) groups excluding carboxylic acids is 6. The Morgan fingerprint density at radius 1 is 0.887 bits per heavy atom. The number of carbonyl (C=O) groups is 6. The van der Waals surface area contributed by atoms with Crippen molar-refractivity contribution in [2.24, 2.45) is 0 Å². The molecule has 0 radical (unpaired) electrons. The molecule has 0 spiro atoms. The number of aryl methyl sites for hydroxylation is 1. The lowest BCUT2D eigenvalue weighted by molar-refractivity contribution is -0.309. The lowest BCUT2D eigenvalue weighted by Gasteiger charge is -2.51. The first kappa shape index (κ1) is 43.2. The van der Waals surface area contributed by atoms with Gasteiger partial charge < -0.3 is 45.6 Å². The first-order valence-corrected chi connectivity index (χ1v) is 17.6. The highest BCUT2D eigenvalue weighted by Gasteiger charge is 2.73. The Morgan fingerprint density at radius 3 is 1.91 bits per heavy atom. The number of aliphatic hydroxyl groups is 3. The van der Waals surface area contributed by atoms with Crippen molar-refractivity contribution >= 4 is 75.5 Å². The zero-order valence-corrected chi connectivity index (χ0v) is 30.8. The molecule has 6 N–H and O–H groups in total. The summed E-state index contributed by atoms with van der Waals surface area (Å²) in [6.07, 6.45) is -9.97. The van der Waals surface area contributed by atoms with E-state index < -0.39 is 71.8 Å². The lowest BCUT2D eigenvalue weighted by Crippen LogP contribution is -2.80. The molecule has 3 rings (SSSR count). The number of aliphatic hydroxyl groups excluding tert-OH is 1. The molecule has 1 heterocycles. The number of nitrogens with one attached hydrogen (secondary N) is 3. The highest BCUT2D eigenvalue weighted by Crippen LogP contribution is 2.42. The molecule has 0 aromatic heterocycles. The number of Topliss-reactive ketones (excluding diaryl/α,β-unsaturated/α-hetero) is 3. The van der Waals surface area contributed by atoms with Crippen LogP contribution in [0.2, 0.25) is 0 Å². The molecular weight excluding hydrogens is 742 g/mol. The normalized spacial score (nSPS) is 22.9. The van der Waals surface area contributed by atoms with E-state index in [0.717, 1.165) is 18.2 Å². The predicted molar refractivity (Wildman–Crippen MR) is 193 cm³/mol. The molecule has 0 saturated carbocycles. The van der Waals surface area contributed by atoms with Crippen LogP contribution in [0, 0.1) is 0 Å². The predicted octanol–water partition coefficient (Wildman–Crippen LogP) is 2.25. The summed E-state index contributed by atoms with van der Waals surface area (Å²) in [5, 5.41) is 39.0. The Bertz CT molecular complexity index is 1630. The zero-order valence-electron chi connectivity index (χ0n) is 29.3. The van der Waals surface area contributed by atoms with Crippen LogP contribution < -0.4 is 20.9 Å². The van der Waals surface area contributed by atoms with Crippen molar-refractivity contribution in [3.63, 3.8) is 0 Å². The molecule has 290 valence electrons. The molecule has 2 aromatic carbocycles. The molecular formula is C35H43Cl2FN4O11. The zero-order chi connectivity index (χ0) is 39.5. The third-order valence-corrected chi connectivity index (χ3v) is 8.90. The lowest BCUT2D eigenvalue weighted by atomic mass is 9.67. The molecule has 1 saturated heterocycles. The van der Waals surface area contributed by atoms with Gasteiger partial charge in [-0.15, -0.1) is 23.2 Å². The summed E-state index contributed by atoms with van der Waals surface area (Å²) in [6, 6.07) is 14.1. The van der Waals surface area contributed by atoms with E-state index in [9.17, 15) is 44.1 Å². The van der Waals surface area contributed by atoms with Gasteiger partial charge in [-0.2, -0.15) is 0 Å². The summed E-state index contributed by atoms with van der Waals surface area (Å²) in [7, 11) is 0. The number of alkyl carbamates (subject to hydrolysis) is 1. The second-order valence-electron chi connectivity index (χ2n) is 12.3. The van der Waals surface area contributed by atoms with Gasteiger partial charge in [-0.05, 0) is 75.6 Å². The Kier molecular flexibility index (Phi) is 15.7. The molecule has 1 aliphatic rings. The van der Waals surface area contributed by atoms with Gasteiger partial charge in [-0.3, -0.25) is 24.0 Å². The second-order valence-corrected chi connectivity index (χ2v) is 13.1. The van der Waals surface area contributed by atoms with E-state index >= 15 is 4.39 Å². The van der Waals surface area contributed by atoms with E-state index in [1.807, 2.05) is 29.6 Å². The summed E-state index contributed by atoms with van der Waals surface area (Å²) >= 11 is 11.8. The van der Waals surface area contributed by atoms with E-state index in [1.165, 1.54) is 12.1 Å². The summed E-state index contributed by atoms with van der Waals surface area (Å²) in [6.45, 7) is 2.86. The highest BCUT2D eigenvalue weighted by molar-refractivity contribution is 6.18. The Hall–Kier alpha value is -4.19. The number of anilines is 3. The molecule has 6 atom stereocenters. The first-order valence-electron chi connectivity index (χ1n) is 16.6. The average molecular weight is 786 g/mol. The summed E-state index contributed by atoms with van der Waals surface area (Å²) < 4.78 is 25.3. The number of halogens is 3. The molecule has 1 fully saturated rings. The standard InChI is InChI=1S/C35H43Cl2FN4O11/c1-20(43)29(48)31-35(51,22(3)45)34(50,21(2)44)30(38)32(52-31)53-33(49)39-19-28(47)41-25-11-9-24(10-12-25)40-27(46)6-4-5-23-7-13-26(14-8-23)42(17-15-36)18-16-37/h7-14,20,30-32,43,50-51H,4-6,15-19H2,1-3H3,(H,39,49)(H,40,46)(H,41,47)/t20?,30-,31-,32+,34-,35-/m1/s1. The molecule has 0 bridgehead atoms. The minimum Gasteiger partial charge on any atom is -0.416 e. The third-order valence-electron chi connectivity index (χ3n) is 8.56. The van der Waals surface area contributed by atoms with Crippen LogP contribution >= 0.6 is 23.2 Å². The van der Waals surface area contributed by atoms with Crippen molar-refractivity contribution in [1.29, 1.82) is 0 Å². The van der Waals surface area contributed by atoms with E-state index in [-0.39, 0.29) is 18.0 Å². The SMILES string of the molecule is CC(=O)[C@@]1(O)[C@@H](C(=O)C(C)O)O[C@@H](OC(=O)NCC(=O)Nc2ccc(NC(=O)CCCc3ccc(N(CCCl)CCCl)cc3)cc2)[C@@H](F)[C@]1(O)C(C)=O. The molecule has 18 heteroatoms. The smallest absolute Gasteiger partial charge is 0.410 e. The van der Waals surface area contributed by atoms with Crippen molar-refractivity contribution < 1.29 is 58.0 Å². The fraction of sp³-hybridized carbons (Fsp3) is 0.486. The fourth-order valence-electron chi connectivity index (χ4n) is 5.67. The number of ether oxygens (including phenoxy) is 2. The molecule has 3 amide bonds. The minimum atomic E-state index is -3.62. The van der Waals surface area contributed by atoms with Crippen LogP contribution in [0.3, 0.4) is 0 Å². The number of nitrogens with zero attached hydrogens (tertiary/aromatic N) is 1. The number of hydrogen-bond acceptors (Lipinski definition) is 12. The summed E-state index contributed by atoms with van der Waals surface area (Å²) in [4.78, 5) is 76.8. The van der Waals surface area contributed by atoms with Gasteiger partial charge in [0, 0.05) is 48.3 Å². The highest BCUT2D eigenvalue weighted by atomic mass is 35.5. The van der Waals surface area contributed by atoms with E-state index in [4.69, 9.17) is 32.7 Å². The monoisotopic (exact) mass is 784 g/mol. The number of benzene rings is 2. The fourth-order valence-corrected chi connectivity index (χ4v) is 6.08. The summed E-state index contributed by atoms with van der Waals surface area (Å²) in [5.41, 5.74) is -4.24. The quantitative estimate of drug-likeness (QED) is 0.120. The summed E-state index contributed by atoms with van der Waals surface area (Å²) in [5.74, 6) is -4.35. The minimum absolute atomic E-state index is 0.205. The molecule has 15 nitrogen and oxygen atoms in total. The molecule has 1 aliphatic heterocycles. The van der Waals surface area contributed by atoms with E-state index in [1.54, 1.807) is 12.1 Å². The maximum atomic E-state index is 15.5. The topological polar surface area (TPSA) is 221 Å². The Morgan fingerprint density at radius 2 is 1.42 bits per heavy atom. The van der Waals surface area contributed by atoms with Gasteiger partial charge in [0.15, 0.2) is 34.7 Å². The van der Waals surface area contributed by atoms with E-state index in [2.05, 4.69) is 15.5 Å². The van der Waals surface area contributed by atoms with Gasteiger partial charge in [-0.1, -0.05) is 12.1 Å². The van der Waals surface area contributed by atoms with Crippen LogP contribution in [0.4, 0.5) is 26.2 Å². The van der Waals surface area contributed by atoms with E-state index in [0.29, 0.717) is 57.2 Å². The van der Waals surface area contributed by atoms with Gasteiger partial charge in [0.25, 0.3) is 0 Å². The maximum absolute atomic E-state index is 15.5. The van der Waals surface area contributed by atoms with Crippen LogP contribution in [0.5, 0.6) is 0 Å².